The smallest absolute Gasteiger partial charge is 0.416 e. The number of hydrogen-bond donors (Lipinski definition) is 1. The molecule has 0 atom stereocenters. The second-order valence-corrected chi connectivity index (χ2v) is 6.06. The Hall–Kier alpha value is -3.30. The molecule has 10 heteroatoms. The number of carbonyl (C=O) groups excluding carboxylic acids is 2. The van der Waals surface area contributed by atoms with Crippen LogP contribution in [0.2, 0.25) is 0 Å². The summed E-state index contributed by atoms with van der Waals surface area (Å²) in [5.41, 5.74) is -1.12. The van der Waals surface area contributed by atoms with Crippen molar-refractivity contribution in [2.24, 2.45) is 0 Å². The van der Waals surface area contributed by atoms with Gasteiger partial charge in [-0.2, -0.15) is 18.3 Å². The van der Waals surface area contributed by atoms with E-state index in [2.05, 4.69) is 10.4 Å². The Morgan fingerprint density at radius 3 is 2.41 bits per heavy atom. The Labute approximate surface area is 151 Å². The van der Waals surface area contributed by atoms with Crippen LogP contribution >= 0.6 is 0 Å². The monoisotopic (exact) mass is 381 g/mol. The number of anilines is 1. The number of hydrogen-bond acceptors (Lipinski definition) is 6. The lowest BCUT2D eigenvalue weighted by Crippen LogP contribution is -2.42. The van der Waals surface area contributed by atoms with Crippen LogP contribution in [0.1, 0.15) is 19.4 Å². The Morgan fingerprint density at radius 1 is 1.19 bits per heavy atom. The maximum absolute atomic E-state index is 13.0. The summed E-state index contributed by atoms with van der Waals surface area (Å²) in [5.74, 6) is -3.31. The minimum absolute atomic E-state index is 0.0218. The number of nitrogens with zero attached hydrogens (tertiary/aromatic N) is 2. The fourth-order valence-corrected chi connectivity index (χ4v) is 2.37. The third kappa shape index (κ3) is 3.94. The van der Waals surface area contributed by atoms with Crippen LogP contribution in [0, 0.1) is 0 Å². The predicted octanol–water partition coefficient (Wildman–Crippen LogP) is 3.02. The first-order chi connectivity index (χ1) is 12.6. The number of ether oxygens (including phenoxy) is 2. The molecule has 1 N–H and O–H groups in total. The van der Waals surface area contributed by atoms with Crippen LogP contribution in [0.25, 0.3) is 5.69 Å². The molecule has 0 radical (unpaired) electrons. The van der Waals surface area contributed by atoms with E-state index in [1.165, 1.54) is 37.0 Å². The highest BCUT2D eigenvalue weighted by atomic mass is 19.4. The van der Waals surface area contributed by atoms with Gasteiger partial charge in [0.1, 0.15) is 0 Å². The molecular weight excluding hydrogens is 367 g/mol. The van der Waals surface area contributed by atoms with Gasteiger partial charge in [0, 0.05) is 32.4 Å². The zero-order valence-corrected chi connectivity index (χ0v) is 14.2. The van der Waals surface area contributed by atoms with Gasteiger partial charge in [-0.3, -0.25) is 0 Å². The number of carbonyl (C=O) groups is 2. The first kappa shape index (κ1) is 18.5. The Bertz CT molecular complexity index is 896. The molecular formula is C17H14F3N3O4. The van der Waals surface area contributed by atoms with E-state index in [1.807, 2.05) is 0 Å². The molecule has 2 heterocycles. The molecule has 27 heavy (non-hydrogen) atoms. The number of rotatable bonds is 3. The van der Waals surface area contributed by atoms with Gasteiger partial charge in [-0.25, -0.2) is 14.3 Å². The normalized spacial score (nSPS) is 16.6. The van der Waals surface area contributed by atoms with Crippen molar-refractivity contribution in [2.75, 3.05) is 5.32 Å². The summed E-state index contributed by atoms with van der Waals surface area (Å²) >= 11 is 0. The van der Waals surface area contributed by atoms with Gasteiger partial charge in [-0.1, -0.05) is 0 Å². The van der Waals surface area contributed by atoms with Gasteiger partial charge in [-0.05, 0) is 24.3 Å². The number of benzene rings is 1. The molecule has 3 rings (SSSR count). The summed E-state index contributed by atoms with van der Waals surface area (Å²) < 4.78 is 50.3. The number of nitrogens with one attached hydrogen (secondary N) is 1. The molecule has 2 aromatic rings. The van der Waals surface area contributed by atoms with Crippen LogP contribution in [0.3, 0.4) is 0 Å². The van der Waals surface area contributed by atoms with E-state index in [1.54, 1.807) is 6.07 Å². The van der Waals surface area contributed by atoms with E-state index >= 15 is 0 Å². The van der Waals surface area contributed by atoms with E-state index in [4.69, 9.17) is 9.47 Å². The molecule has 1 aromatic carbocycles. The highest BCUT2D eigenvalue weighted by molar-refractivity contribution is 6.15. The molecule has 0 saturated carbocycles. The van der Waals surface area contributed by atoms with Crippen LogP contribution in [-0.2, 0) is 25.2 Å². The number of aromatic nitrogens is 2. The third-order valence-corrected chi connectivity index (χ3v) is 3.56. The van der Waals surface area contributed by atoms with Crippen molar-refractivity contribution in [3.05, 3.63) is 54.0 Å². The standard InChI is InChI=1S/C17H14F3N3O4/c1-16(2)26-14(24)11(15(25)27-16)9-21-12-8-10(17(18,19)20)4-5-13(12)23-7-3-6-22-23/h3-9,21H,1-2H3. The average molecular weight is 381 g/mol. The highest BCUT2D eigenvalue weighted by Gasteiger charge is 2.39. The molecule has 142 valence electrons. The first-order valence-electron chi connectivity index (χ1n) is 7.71. The maximum Gasteiger partial charge on any atom is 0.416 e. The molecule has 1 saturated heterocycles. The fourth-order valence-electron chi connectivity index (χ4n) is 2.37. The van der Waals surface area contributed by atoms with Crippen LogP contribution < -0.4 is 5.32 Å². The molecule has 0 spiro atoms. The topological polar surface area (TPSA) is 82.5 Å². The first-order valence-corrected chi connectivity index (χ1v) is 7.71. The third-order valence-electron chi connectivity index (χ3n) is 3.56. The van der Waals surface area contributed by atoms with Crippen LogP contribution in [0.4, 0.5) is 18.9 Å². The Kier molecular flexibility index (Phi) is 4.42. The maximum atomic E-state index is 13.0. The van der Waals surface area contributed by atoms with Gasteiger partial charge in [0.15, 0.2) is 5.57 Å². The zero-order chi connectivity index (χ0) is 19.8. The SMILES string of the molecule is CC1(C)OC(=O)C(=CNc2cc(C(F)(F)F)ccc2-n2cccn2)C(=O)O1. The summed E-state index contributed by atoms with van der Waals surface area (Å²) in [5, 5.41) is 6.52. The van der Waals surface area contributed by atoms with E-state index in [-0.39, 0.29) is 11.4 Å². The van der Waals surface area contributed by atoms with Gasteiger partial charge in [0.2, 0.25) is 0 Å². The largest absolute Gasteiger partial charge is 0.419 e. The summed E-state index contributed by atoms with van der Waals surface area (Å²) in [6.45, 7) is 2.77. The number of cyclic esters (lactones) is 2. The molecule has 0 amide bonds. The zero-order valence-electron chi connectivity index (χ0n) is 14.2. The molecule has 1 aliphatic heterocycles. The quantitative estimate of drug-likeness (QED) is 0.500. The minimum Gasteiger partial charge on any atom is -0.419 e. The Morgan fingerprint density at radius 2 is 1.85 bits per heavy atom. The minimum atomic E-state index is -4.57. The van der Waals surface area contributed by atoms with Gasteiger partial charge in [0.05, 0.1) is 16.9 Å². The molecule has 0 unspecified atom stereocenters. The van der Waals surface area contributed by atoms with Gasteiger partial charge in [-0.15, -0.1) is 0 Å². The fraction of sp³-hybridized carbons (Fsp3) is 0.235. The second-order valence-electron chi connectivity index (χ2n) is 6.06. The molecule has 7 nitrogen and oxygen atoms in total. The molecule has 0 bridgehead atoms. The van der Waals surface area contributed by atoms with Crippen LogP contribution in [0.5, 0.6) is 0 Å². The summed E-state index contributed by atoms with van der Waals surface area (Å²) in [6.07, 6.45) is -0.633. The lowest BCUT2D eigenvalue weighted by atomic mass is 10.1. The van der Waals surface area contributed by atoms with E-state index in [9.17, 15) is 22.8 Å². The van der Waals surface area contributed by atoms with Crippen molar-refractivity contribution >= 4 is 17.6 Å². The van der Waals surface area contributed by atoms with Crippen molar-refractivity contribution in [1.82, 2.24) is 9.78 Å². The van der Waals surface area contributed by atoms with Gasteiger partial charge in [0.25, 0.3) is 5.79 Å². The molecule has 1 fully saturated rings. The molecule has 1 aromatic heterocycles. The van der Waals surface area contributed by atoms with Gasteiger partial charge < -0.3 is 14.8 Å². The van der Waals surface area contributed by atoms with E-state index in [0.717, 1.165) is 18.3 Å². The summed E-state index contributed by atoms with van der Waals surface area (Å²) in [6, 6.07) is 4.56. The lowest BCUT2D eigenvalue weighted by molar-refractivity contribution is -0.222. The van der Waals surface area contributed by atoms with Gasteiger partial charge >= 0.3 is 18.1 Å². The van der Waals surface area contributed by atoms with Crippen LogP contribution in [-0.4, -0.2) is 27.5 Å². The summed E-state index contributed by atoms with van der Waals surface area (Å²) in [4.78, 5) is 23.9. The molecule has 1 aliphatic rings. The Balaban J connectivity index is 1.98. The number of alkyl halides is 3. The predicted molar refractivity (Wildman–Crippen MR) is 86.5 cm³/mol. The number of halogens is 3. The van der Waals surface area contributed by atoms with Crippen molar-refractivity contribution in [2.45, 2.75) is 25.8 Å². The van der Waals surface area contributed by atoms with Crippen molar-refractivity contribution < 1.29 is 32.2 Å². The van der Waals surface area contributed by atoms with E-state index in [0.29, 0.717) is 0 Å². The van der Waals surface area contributed by atoms with Crippen molar-refractivity contribution in [1.29, 1.82) is 0 Å². The van der Waals surface area contributed by atoms with E-state index < -0.39 is 35.0 Å². The summed E-state index contributed by atoms with van der Waals surface area (Å²) in [7, 11) is 0. The molecule has 0 aliphatic carbocycles. The van der Waals surface area contributed by atoms with Crippen LogP contribution in [0.15, 0.2) is 48.4 Å². The second kappa shape index (κ2) is 6.45. The number of esters is 2. The highest BCUT2D eigenvalue weighted by Crippen LogP contribution is 2.33. The lowest BCUT2D eigenvalue weighted by Gasteiger charge is -2.29. The van der Waals surface area contributed by atoms with Crippen molar-refractivity contribution in [3.63, 3.8) is 0 Å². The average Bonchev–Trinajstić information content (AvgIpc) is 3.06. The van der Waals surface area contributed by atoms with Crippen molar-refractivity contribution in [3.8, 4) is 5.69 Å².